The van der Waals surface area contributed by atoms with Crippen LogP contribution < -0.4 is 19.7 Å². The molecule has 2 aromatic carbocycles. The number of nitrogens with one attached hydrogen (secondary N) is 2. The molecule has 0 saturated carbocycles. The van der Waals surface area contributed by atoms with Gasteiger partial charge in [-0.05, 0) is 30.7 Å². The molecule has 0 unspecified atom stereocenters. The molecule has 0 aliphatic carbocycles. The molecule has 0 bridgehead atoms. The Balaban J connectivity index is 2.25. The topological polar surface area (TPSA) is 114 Å². The number of ether oxygens (including phenoxy) is 2. The van der Waals surface area contributed by atoms with Crippen LogP contribution in [0.5, 0.6) is 17.2 Å². The fraction of sp³-hybridized carbons (Fsp3) is 0.188. The van der Waals surface area contributed by atoms with Gasteiger partial charge in [-0.15, -0.1) is 4.83 Å². The molecule has 3 N–H and O–H groups in total. The smallest absolute Gasteiger partial charge is 0.269 e. The van der Waals surface area contributed by atoms with Gasteiger partial charge in [-0.1, -0.05) is 12.1 Å². The summed E-state index contributed by atoms with van der Waals surface area (Å²) < 4.78 is 35.1. The van der Waals surface area contributed by atoms with Crippen molar-refractivity contribution in [3.63, 3.8) is 0 Å². The first-order chi connectivity index (χ1) is 11.8. The van der Waals surface area contributed by atoms with Gasteiger partial charge < -0.3 is 14.6 Å². The van der Waals surface area contributed by atoms with Crippen molar-refractivity contribution < 1.29 is 27.8 Å². The van der Waals surface area contributed by atoms with E-state index in [1.165, 1.54) is 38.5 Å². The molecule has 2 rings (SSSR count). The number of sulfonamides is 1. The Bertz CT molecular complexity index is 895. The van der Waals surface area contributed by atoms with Crippen LogP contribution in [0.1, 0.15) is 15.9 Å². The number of amides is 1. The summed E-state index contributed by atoms with van der Waals surface area (Å²) in [5.41, 5.74) is 2.41. The largest absolute Gasteiger partial charge is 0.507 e. The first-order valence-corrected chi connectivity index (χ1v) is 8.61. The highest BCUT2D eigenvalue weighted by atomic mass is 32.2. The van der Waals surface area contributed by atoms with Gasteiger partial charge in [0.1, 0.15) is 5.75 Å². The molecule has 134 valence electrons. The van der Waals surface area contributed by atoms with Gasteiger partial charge in [0, 0.05) is 6.07 Å². The molecular weight excluding hydrogens is 348 g/mol. The van der Waals surface area contributed by atoms with E-state index < -0.39 is 15.9 Å². The van der Waals surface area contributed by atoms with Gasteiger partial charge in [0.25, 0.3) is 15.9 Å². The van der Waals surface area contributed by atoms with Crippen molar-refractivity contribution in [1.29, 1.82) is 0 Å². The number of benzene rings is 2. The minimum atomic E-state index is -4.06. The number of carbonyl (C=O) groups excluding carboxylic acids is 1. The van der Waals surface area contributed by atoms with Crippen LogP contribution in [0.3, 0.4) is 0 Å². The lowest BCUT2D eigenvalue weighted by molar-refractivity contribution is 0.0942. The molecule has 0 aliphatic heterocycles. The first-order valence-electron chi connectivity index (χ1n) is 7.13. The third-order valence-corrected chi connectivity index (χ3v) is 4.81. The Morgan fingerprint density at radius 3 is 2.28 bits per heavy atom. The summed E-state index contributed by atoms with van der Waals surface area (Å²) >= 11 is 0. The summed E-state index contributed by atoms with van der Waals surface area (Å²) in [6.45, 7) is 1.58. The van der Waals surface area contributed by atoms with Gasteiger partial charge in [0.2, 0.25) is 0 Å². The summed E-state index contributed by atoms with van der Waals surface area (Å²) in [5.74, 6) is -0.431. The van der Waals surface area contributed by atoms with E-state index >= 15 is 0 Å². The van der Waals surface area contributed by atoms with Crippen molar-refractivity contribution in [3.05, 3.63) is 47.5 Å². The fourth-order valence-corrected chi connectivity index (χ4v) is 3.23. The summed E-state index contributed by atoms with van der Waals surface area (Å²) in [6.07, 6.45) is 0. The van der Waals surface area contributed by atoms with E-state index in [0.29, 0.717) is 11.3 Å². The van der Waals surface area contributed by atoms with E-state index in [-0.39, 0.29) is 22.0 Å². The molecule has 0 saturated heterocycles. The molecule has 0 aromatic heterocycles. The van der Waals surface area contributed by atoms with Crippen molar-refractivity contribution in [2.75, 3.05) is 14.2 Å². The van der Waals surface area contributed by atoms with Crippen LogP contribution in [0.25, 0.3) is 0 Å². The second-order valence-corrected chi connectivity index (χ2v) is 6.70. The maximum Gasteiger partial charge on any atom is 0.269 e. The van der Waals surface area contributed by atoms with Crippen LogP contribution >= 0.6 is 0 Å². The number of hydrazine groups is 1. The number of phenols is 1. The monoisotopic (exact) mass is 366 g/mol. The Morgan fingerprint density at radius 2 is 1.68 bits per heavy atom. The summed E-state index contributed by atoms with van der Waals surface area (Å²) in [6, 6.07) is 8.58. The highest BCUT2D eigenvalue weighted by Gasteiger charge is 2.21. The molecule has 0 fully saturated rings. The van der Waals surface area contributed by atoms with Gasteiger partial charge in [0.15, 0.2) is 11.5 Å². The molecule has 0 radical (unpaired) electrons. The van der Waals surface area contributed by atoms with E-state index in [0.717, 1.165) is 0 Å². The fourth-order valence-electron chi connectivity index (χ4n) is 2.15. The lowest BCUT2D eigenvalue weighted by Crippen LogP contribution is -2.41. The van der Waals surface area contributed by atoms with E-state index in [1.807, 2.05) is 4.83 Å². The second kappa shape index (κ2) is 7.41. The van der Waals surface area contributed by atoms with Crippen LogP contribution in [0.4, 0.5) is 0 Å². The number of para-hydroxylation sites is 1. The Labute approximate surface area is 145 Å². The van der Waals surface area contributed by atoms with Gasteiger partial charge in [-0.2, -0.15) is 0 Å². The summed E-state index contributed by atoms with van der Waals surface area (Å²) in [7, 11) is -1.24. The molecule has 8 nitrogen and oxygen atoms in total. The average Bonchev–Trinajstić information content (AvgIpc) is 2.59. The quantitative estimate of drug-likeness (QED) is 0.665. The van der Waals surface area contributed by atoms with Crippen LogP contribution in [0.2, 0.25) is 0 Å². The van der Waals surface area contributed by atoms with Crippen LogP contribution in [0, 0.1) is 6.92 Å². The first kappa shape index (κ1) is 18.6. The Kier molecular flexibility index (Phi) is 5.50. The van der Waals surface area contributed by atoms with E-state index in [4.69, 9.17) is 9.47 Å². The molecule has 9 heteroatoms. The lowest BCUT2D eigenvalue weighted by atomic mass is 10.2. The minimum Gasteiger partial charge on any atom is -0.507 e. The SMILES string of the molecule is COc1cc(C)c(S(=O)(=O)NNC(=O)c2ccccc2O)cc1OC. The maximum absolute atomic E-state index is 12.5. The number of methoxy groups -OCH3 is 2. The summed E-state index contributed by atoms with van der Waals surface area (Å²) in [4.78, 5) is 13.9. The normalized spacial score (nSPS) is 11.0. The number of rotatable bonds is 6. The van der Waals surface area contributed by atoms with Crippen molar-refractivity contribution >= 4 is 15.9 Å². The number of aryl methyl sites for hydroxylation is 1. The number of hydrogen-bond donors (Lipinski definition) is 3. The van der Waals surface area contributed by atoms with E-state index in [2.05, 4.69) is 5.43 Å². The number of hydrogen-bond acceptors (Lipinski definition) is 6. The molecule has 25 heavy (non-hydrogen) atoms. The standard InChI is InChI=1S/C16H18N2O6S/c1-10-8-13(23-2)14(24-3)9-15(10)25(21,22)18-17-16(20)11-6-4-5-7-12(11)19/h4-9,18-19H,1-3H3,(H,17,20). The van der Waals surface area contributed by atoms with E-state index in [1.54, 1.807) is 19.1 Å². The minimum absolute atomic E-state index is 0.0609. The zero-order valence-electron chi connectivity index (χ0n) is 13.9. The zero-order valence-corrected chi connectivity index (χ0v) is 14.7. The molecule has 0 aliphatic rings. The predicted octanol–water partition coefficient (Wildman–Crippen LogP) is 1.34. The van der Waals surface area contributed by atoms with E-state index in [9.17, 15) is 18.3 Å². The van der Waals surface area contributed by atoms with Crippen molar-refractivity contribution in [3.8, 4) is 17.2 Å². The highest BCUT2D eigenvalue weighted by Crippen LogP contribution is 2.32. The molecular formula is C16H18N2O6S. The third-order valence-electron chi connectivity index (χ3n) is 3.42. The predicted molar refractivity (Wildman–Crippen MR) is 90.2 cm³/mol. The molecule has 2 aromatic rings. The molecule has 0 spiro atoms. The molecule has 1 amide bonds. The van der Waals surface area contributed by atoms with Gasteiger partial charge in [-0.25, -0.2) is 8.42 Å². The number of aromatic hydroxyl groups is 1. The molecule has 0 heterocycles. The number of phenolic OH excluding ortho intramolecular Hbond substituents is 1. The summed E-state index contributed by atoms with van der Waals surface area (Å²) in [5, 5.41) is 9.63. The van der Waals surface area contributed by atoms with Crippen LogP contribution in [-0.4, -0.2) is 33.7 Å². The maximum atomic E-state index is 12.5. The second-order valence-electron chi connectivity index (χ2n) is 5.05. The van der Waals surface area contributed by atoms with Crippen LogP contribution in [-0.2, 0) is 10.0 Å². The third kappa shape index (κ3) is 4.01. The van der Waals surface area contributed by atoms with Crippen molar-refractivity contribution in [1.82, 2.24) is 10.3 Å². The zero-order chi connectivity index (χ0) is 18.6. The average molecular weight is 366 g/mol. The van der Waals surface area contributed by atoms with Gasteiger partial charge >= 0.3 is 0 Å². The number of carbonyl (C=O) groups is 1. The lowest BCUT2D eigenvalue weighted by Gasteiger charge is -2.14. The van der Waals surface area contributed by atoms with Gasteiger partial charge in [-0.3, -0.25) is 10.2 Å². The van der Waals surface area contributed by atoms with Gasteiger partial charge in [0.05, 0.1) is 24.7 Å². The Hall–Kier alpha value is -2.78. The Morgan fingerprint density at radius 1 is 1.08 bits per heavy atom. The van der Waals surface area contributed by atoms with Crippen molar-refractivity contribution in [2.45, 2.75) is 11.8 Å². The highest BCUT2D eigenvalue weighted by molar-refractivity contribution is 7.89. The molecule has 0 atom stereocenters. The van der Waals surface area contributed by atoms with Crippen LogP contribution in [0.15, 0.2) is 41.3 Å². The van der Waals surface area contributed by atoms with Crippen molar-refractivity contribution in [2.24, 2.45) is 0 Å².